The average molecular weight is 317 g/mol. The Kier molecular flexibility index (Phi) is 13.0. The monoisotopic (exact) mass is 316 g/mol. The second-order valence-corrected chi connectivity index (χ2v) is 7.47. The van der Waals surface area contributed by atoms with Crippen molar-refractivity contribution in [1.29, 1.82) is 0 Å². The number of benzene rings is 1. The Morgan fingerprint density at radius 1 is 0.652 bits per heavy atom. The predicted octanol–water partition coefficient (Wildman–Crippen LogP) is 7.96. The lowest BCUT2D eigenvalue weighted by molar-refractivity contribution is 0.477. The Morgan fingerprint density at radius 2 is 1.13 bits per heavy atom. The van der Waals surface area contributed by atoms with Crippen molar-refractivity contribution in [3.05, 3.63) is 35.9 Å². The fraction of sp³-hybridized carbons (Fsp3) is 0.739. The van der Waals surface area contributed by atoms with Gasteiger partial charge in [0.1, 0.15) is 0 Å². The highest BCUT2D eigenvalue weighted by Crippen LogP contribution is 2.17. The molecule has 1 aromatic rings. The van der Waals surface area contributed by atoms with Crippen LogP contribution in [-0.4, -0.2) is 0 Å². The summed E-state index contributed by atoms with van der Waals surface area (Å²) in [5, 5.41) is 0. The molecule has 0 aliphatic heterocycles. The Hall–Kier alpha value is -0.780. The summed E-state index contributed by atoms with van der Waals surface area (Å²) in [4.78, 5) is 0. The lowest BCUT2D eigenvalue weighted by Crippen LogP contribution is -1.99. The zero-order chi connectivity index (χ0) is 16.6. The van der Waals surface area contributed by atoms with Crippen molar-refractivity contribution in [2.24, 2.45) is 5.92 Å². The van der Waals surface area contributed by atoms with Gasteiger partial charge in [0, 0.05) is 0 Å². The average Bonchev–Trinajstić information content (AvgIpc) is 2.57. The summed E-state index contributed by atoms with van der Waals surface area (Å²) in [7, 11) is 0. The molecule has 23 heavy (non-hydrogen) atoms. The molecule has 132 valence electrons. The first-order valence-corrected chi connectivity index (χ1v) is 10.4. The largest absolute Gasteiger partial charge is 0.0654 e. The van der Waals surface area contributed by atoms with Crippen LogP contribution in [-0.2, 0) is 6.42 Å². The SMILES string of the molecule is CCCCCCCCCCCCCCC(C)Cc1ccccc1. The second kappa shape index (κ2) is 14.8. The predicted molar refractivity (Wildman–Crippen MR) is 105 cm³/mol. The minimum atomic E-state index is 0.834. The smallest absolute Gasteiger partial charge is 0.0253 e. The summed E-state index contributed by atoms with van der Waals surface area (Å²) in [6.45, 7) is 4.70. The van der Waals surface area contributed by atoms with Crippen LogP contribution in [0.1, 0.15) is 103 Å². The van der Waals surface area contributed by atoms with Gasteiger partial charge in [-0.25, -0.2) is 0 Å². The van der Waals surface area contributed by atoms with Crippen LogP contribution in [0.5, 0.6) is 0 Å². The first-order chi connectivity index (χ1) is 11.3. The number of hydrogen-bond donors (Lipinski definition) is 0. The molecular formula is C23H40. The Bertz CT molecular complexity index is 340. The van der Waals surface area contributed by atoms with E-state index in [1.54, 1.807) is 0 Å². The van der Waals surface area contributed by atoms with Crippen LogP contribution in [0.3, 0.4) is 0 Å². The maximum Gasteiger partial charge on any atom is -0.0253 e. The molecule has 1 rings (SSSR count). The normalized spacial score (nSPS) is 12.4. The standard InChI is InChI=1S/C23H40/c1-3-4-5-6-7-8-9-10-11-12-13-15-18-22(2)21-23-19-16-14-17-20-23/h14,16-17,19-20,22H,3-13,15,18,21H2,1-2H3. The van der Waals surface area contributed by atoms with Gasteiger partial charge in [-0.15, -0.1) is 0 Å². The summed E-state index contributed by atoms with van der Waals surface area (Å²) in [5.41, 5.74) is 1.50. The van der Waals surface area contributed by atoms with Gasteiger partial charge in [-0.3, -0.25) is 0 Å². The van der Waals surface area contributed by atoms with E-state index < -0.39 is 0 Å². The summed E-state index contributed by atoms with van der Waals surface area (Å²) < 4.78 is 0. The Balaban J connectivity index is 1.82. The van der Waals surface area contributed by atoms with Crippen LogP contribution in [0, 0.1) is 5.92 Å². The van der Waals surface area contributed by atoms with Gasteiger partial charge in [0.05, 0.1) is 0 Å². The fourth-order valence-electron chi connectivity index (χ4n) is 3.45. The van der Waals surface area contributed by atoms with Crippen LogP contribution in [0.15, 0.2) is 30.3 Å². The molecule has 0 spiro atoms. The van der Waals surface area contributed by atoms with Crippen molar-refractivity contribution in [2.45, 2.75) is 104 Å². The molecule has 0 saturated carbocycles. The van der Waals surface area contributed by atoms with E-state index in [1.165, 1.54) is 95.5 Å². The van der Waals surface area contributed by atoms with Crippen LogP contribution in [0.4, 0.5) is 0 Å². The molecule has 0 amide bonds. The Morgan fingerprint density at radius 3 is 1.65 bits per heavy atom. The third-order valence-corrected chi connectivity index (χ3v) is 4.98. The van der Waals surface area contributed by atoms with E-state index in [2.05, 4.69) is 44.2 Å². The zero-order valence-corrected chi connectivity index (χ0v) is 15.9. The van der Waals surface area contributed by atoms with Gasteiger partial charge in [-0.1, -0.05) is 128 Å². The molecule has 0 fully saturated rings. The van der Waals surface area contributed by atoms with E-state index in [1.807, 2.05) is 0 Å². The van der Waals surface area contributed by atoms with Crippen molar-refractivity contribution < 1.29 is 0 Å². The van der Waals surface area contributed by atoms with E-state index >= 15 is 0 Å². The van der Waals surface area contributed by atoms with Gasteiger partial charge < -0.3 is 0 Å². The van der Waals surface area contributed by atoms with Gasteiger partial charge in [0.15, 0.2) is 0 Å². The lowest BCUT2D eigenvalue weighted by Gasteiger charge is -2.11. The van der Waals surface area contributed by atoms with Gasteiger partial charge in [0.2, 0.25) is 0 Å². The van der Waals surface area contributed by atoms with E-state index in [4.69, 9.17) is 0 Å². The first kappa shape index (κ1) is 20.3. The molecule has 0 radical (unpaired) electrons. The summed E-state index contributed by atoms with van der Waals surface area (Å²) in [6.07, 6.45) is 20.0. The van der Waals surface area contributed by atoms with Gasteiger partial charge in [-0.2, -0.15) is 0 Å². The van der Waals surface area contributed by atoms with Gasteiger partial charge in [0.25, 0.3) is 0 Å². The lowest BCUT2D eigenvalue weighted by atomic mass is 9.95. The first-order valence-electron chi connectivity index (χ1n) is 10.4. The molecule has 0 heterocycles. The number of hydrogen-bond acceptors (Lipinski definition) is 0. The van der Waals surface area contributed by atoms with Crippen molar-refractivity contribution in [1.82, 2.24) is 0 Å². The Labute approximate surface area is 146 Å². The molecule has 1 unspecified atom stereocenters. The van der Waals surface area contributed by atoms with E-state index in [9.17, 15) is 0 Å². The van der Waals surface area contributed by atoms with Crippen LogP contribution in [0.25, 0.3) is 0 Å². The summed E-state index contributed by atoms with van der Waals surface area (Å²) >= 11 is 0. The van der Waals surface area contributed by atoms with Gasteiger partial charge in [-0.05, 0) is 17.9 Å². The third-order valence-electron chi connectivity index (χ3n) is 4.98. The third kappa shape index (κ3) is 12.3. The van der Waals surface area contributed by atoms with Crippen molar-refractivity contribution in [3.8, 4) is 0 Å². The van der Waals surface area contributed by atoms with Crippen LogP contribution >= 0.6 is 0 Å². The molecule has 0 aliphatic rings. The van der Waals surface area contributed by atoms with Crippen LogP contribution < -0.4 is 0 Å². The van der Waals surface area contributed by atoms with Crippen molar-refractivity contribution >= 4 is 0 Å². The molecular weight excluding hydrogens is 276 g/mol. The van der Waals surface area contributed by atoms with E-state index in [-0.39, 0.29) is 0 Å². The molecule has 0 bridgehead atoms. The second-order valence-electron chi connectivity index (χ2n) is 7.47. The quantitative estimate of drug-likeness (QED) is 0.288. The topological polar surface area (TPSA) is 0 Å². The van der Waals surface area contributed by atoms with E-state index in [0.717, 1.165) is 5.92 Å². The fourth-order valence-corrected chi connectivity index (χ4v) is 3.45. The molecule has 0 heteroatoms. The highest BCUT2D eigenvalue weighted by Gasteiger charge is 2.03. The molecule has 1 atom stereocenters. The molecule has 0 saturated heterocycles. The van der Waals surface area contributed by atoms with Crippen LogP contribution in [0.2, 0.25) is 0 Å². The molecule has 0 aliphatic carbocycles. The minimum Gasteiger partial charge on any atom is -0.0654 e. The minimum absolute atomic E-state index is 0.834. The van der Waals surface area contributed by atoms with Crippen molar-refractivity contribution in [3.63, 3.8) is 0 Å². The maximum atomic E-state index is 2.41. The maximum absolute atomic E-state index is 2.41. The molecule has 0 nitrogen and oxygen atoms in total. The number of rotatable bonds is 15. The molecule has 0 aromatic heterocycles. The number of unbranched alkanes of at least 4 members (excludes halogenated alkanes) is 11. The molecule has 1 aromatic carbocycles. The molecule has 0 N–H and O–H groups in total. The summed E-state index contributed by atoms with van der Waals surface area (Å²) in [6, 6.07) is 11.0. The zero-order valence-electron chi connectivity index (χ0n) is 15.9. The van der Waals surface area contributed by atoms with Crippen molar-refractivity contribution in [2.75, 3.05) is 0 Å². The highest BCUT2D eigenvalue weighted by atomic mass is 14.1. The van der Waals surface area contributed by atoms with Gasteiger partial charge >= 0.3 is 0 Å². The van der Waals surface area contributed by atoms with E-state index in [0.29, 0.717) is 0 Å². The summed E-state index contributed by atoms with van der Waals surface area (Å²) in [5.74, 6) is 0.834. The highest BCUT2D eigenvalue weighted by molar-refractivity contribution is 5.14.